The molecule has 0 aliphatic carbocycles. The summed E-state index contributed by atoms with van der Waals surface area (Å²) in [6.07, 6.45) is 0. The fourth-order valence-corrected chi connectivity index (χ4v) is 2.47. The van der Waals surface area contributed by atoms with E-state index in [1.54, 1.807) is 0 Å². The van der Waals surface area contributed by atoms with E-state index in [-0.39, 0.29) is 5.97 Å². The quantitative estimate of drug-likeness (QED) is 0.778. The fraction of sp³-hybridized carbons (Fsp3) is 0.533. The number of carbonyl (C=O) groups is 1. The monoisotopic (exact) mass is 296 g/mol. The van der Waals surface area contributed by atoms with E-state index in [0.717, 1.165) is 37.7 Å². The van der Waals surface area contributed by atoms with Crippen LogP contribution >= 0.6 is 11.6 Å². The summed E-state index contributed by atoms with van der Waals surface area (Å²) in [7, 11) is 0. The molecule has 1 aliphatic heterocycles. The van der Waals surface area contributed by atoms with Gasteiger partial charge in [0.1, 0.15) is 0 Å². The molecular formula is C15H21ClN2O2. The molecule has 0 atom stereocenters. The number of benzene rings is 1. The first-order valence-corrected chi connectivity index (χ1v) is 7.40. The minimum atomic E-state index is -0.126. The van der Waals surface area contributed by atoms with Gasteiger partial charge in [0.25, 0.3) is 0 Å². The summed E-state index contributed by atoms with van der Waals surface area (Å²) in [6.45, 7) is 7.40. The molecule has 1 aliphatic rings. The normalized spacial score (nSPS) is 17.1. The highest BCUT2D eigenvalue weighted by molar-refractivity contribution is 6.30. The minimum absolute atomic E-state index is 0.126. The minimum Gasteiger partial charge on any atom is -0.465 e. The lowest BCUT2D eigenvalue weighted by molar-refractivity contribution is -0.144. The molecule has 0 aromatic heterocycles. The molecule has 1 aromatic rings. The summed E-state index contributed by atoms with van der Waals surface area (Å²) in [6, 6.07) is 7.97. The lowest BCUT2D eigenvalue weighted by atomic mass is 10.2. The van der Waals surface area contributed by atoms with Gasteiger partial charge in [-0.05, 0) is 24.6 Å². The summed E-state index contributed by atoms with van der Waals surface area (Å²) >= 11 is 5.88. The van der Waals surface area contributed by atoms with Gasteiger partial charge in [-0.3, -0.25) is 14.6 Å². The molecule has 0 spiro atoms. The Bertz CT molecular complexity index is 428. The summed E-state index contributed by atoms with van der Waals surface area (Å²) in [5, 5.41) is 0.771. The van der Waals surface area contributed by atoms with Crippen molar-refractivity contribution in [1.29, 1.82) is 0 Å². The van der Waals surface area contributed by atoms with Crippen molar-refractivity contribution < 1.29 is 9.53 Å². The molecule has 110 valence electrons. The highest BCUT2D eigenvalue weighted by Crippen LogP contribution is 2.12. The van der Waals surface area contributed by atoms with E-state index in [1.165, 1.54) is 5.56 Å². The SMILES string of the molecule is CCOC(=O)CN1CCN(Cc2ccc(Cl)cc2)CC1. The van der Waals surface area contributed by atoms with Crippen LogP contribution in [0.4, 0.5) is 0 Å². The first-order valence-electron chi connectivity index (χ1n) is 7.02. The first kappa shape index (κ1) is 15.3. The lowest BCUT2D eigenvalue weighted by Gasteiger charge is -2.34. The zero-order valence-electron chi connectivity index (χ0n) is 11.8. The van der Waals surface area contributed by atoms with Crippen LogP contribution in [0.15, 0.2) is 24.3 Å². The zero-order valence-corrected chi connectivity index (χ0v) is 12.6. The molecule has 0 radical (unpaired) electrons. The molecule has 0 N–H and O–H groups in total. The van der Waals surface area contributed by atoms with Crippen LogP contribution in [0.3, 0.4) is 0 Å². The Morgan fingerprint density at radius 3 is 2.35 bits per heavy atom. The fourth-order valence-electron chi connectivity index (χ4n) is 2.34. The Morgan fingerprint density at radius 1 is 1.15 bits per heavy atom. The van der Waals surface area contributed by atoms with E-state index in [0.29, 0.717) is 13.2 Å². The van der Waals surface area contributed by atoms with Crippen LogP contribution in [0.1, 0.15) is 12.5 Å². The van der Waals surface area contributed by atoms with Crippen LogP contribution in [0.2, 0.25) is 5.02 Å². The average molecular weight is 297 g/mol. The first-order chi connectivity index (χ1) is 9.67. The Hall–Kier alpha value is -1.10. The van der Waals surface area contributed by atoms with Crippen molar-refractivity contribution in [2.45, 2.75) is 13.5 Å². The van der Waals surface area contributed by atoms with Crippen molar-refractivity contribution in [3.63, 3.8) is 0 Å². The molecule has 0 unspecified atom stereocenters. The Balaban J connectivity index is 1.74. The number of hydrogen-bond donors (Lipinski definition) is 0. The van der Waals surface area contributed by atoms with Crippen molar-refractivity contribution in [1.82, 2.24) is 9.80 Å². The molecule has 1 heterocycles. The van der Waals surface area contributed by atoms with Gasteiger partial charge in [-0.25, -0.2) is 0 Å². The predicted molar refractivity (Wildman–Crippen MR) is 79.8 cm³/mol. The van der Waals surface area contributed by atoms with Crippen molar-refractivity contribution in [3.8, 4) is 0 Å². The third-order valence-electron chi connectivity index (χ3n) is 3.44. The topological polar surface area (TPSA) is 32.8 Å². The second kappa shape index (κ2) is 7.62. The molecule has 0 amide bonds. The Kier molecular flexibility index (Phi) is 5.83. The molecule has 0 bridgehead atoms. The lowest BCUT2D eigenvalue weighted by Crippen LogP contribution is -2.47. The molecule has 2 rings (SSSR count). The van der Waals surface area contributed by atoms with Crippen molar-refractivity contribution >= 4 is 17.6 Å². The number of halogens is 1. The van der Waals surface area contributed by atoms with Crippen molar-refractivity contribution in [2.75, 3.05) is 39.3 Å². The van der Waals surface area contributed by atoms with Crippen LogP contribution in [0.5, 0.6) is 0 Å². The van der Waals surface area contributed by atoms with Gasteiger partial charge in [-0.15, -0.1) is 0 Å². The van der Waals surface area contributed by atoms with Crippen LogP contribution in [-0.4, -0.2) is 55.1 Å². The van der Waals surface area contributed by atoms with Crippen molar-refractivity contribution in [2.24, 2.45) is 0 Å². The highest BCUT2D eigenvalue weighted by atomic mass is 35.5. The van der Waals surface area contributed by atoms with Gasteiger partial charge in [0, 0.05) is 37.7 Å². The second-order valence-electron chi connectivity index (χ2n) is 4.98. The van der Waals surface area contributed by atoms with Crippen molar-refractivity contribution in [3.05, 3.63) is 34.9 Å². The molecule has 5 heteroatoms. The zero-order chi connectivity index (χ0) is 14.4. The summed E-state index contributed by atoms with van der Waals surface area (Å²) in [5.41, 5.74) is 1.27. The van der Waals surface area contributed by atoms with Gasteiger partial charge in [0.15, 0.2) is 0 Å². The number of piperazine rings is 1. The highest BCUT2D eigenvalue weighted by Gasteiger charge is 2.19. The number of rotatable bonds is 5. The maximum atomic E-state index is 11.4. The maximum absolute atomic E-state index is 11.4. The maximum Gasteiger partial charge on any atom is 0.320 e. The Labute approximate surface area is 125 Å². The molecular weight excluding hydrogens is 276 g/mol. The van der Waals surface area contributed by atoms with E-state index >= 15 is 0 Å². The smallest absolute Gasteiger partial charge is 0.320 e. The van der Waals surface area contributed by atoms with E-state index in [1.807, 2.05) is 19.1 Å². The van der Waals surface area contributed by atoms with Gasteiger partial charge in [0.2, 0.25) is 0 Å². The van der Waals surface area contributed by atoms with Crippen LogP contribution in [0.25, 0.3) is 0 Å². The third kappa shape index (κ3) is 4.78. The van der Waals surface area contributed by atoms with Gasteiger partial charge >= 0.3 is 5.97 Å². The van der Waals surface area contributed by atoms with Gasteiger partial charge in [-0.2, -0.15) is 0 Å². The molecule has 1 fully saturated rings. The van der Waals surface area contributed by atoms with Crippen LogP contribution < -0.4 is 0 Å². The number of hydrogen-bond acceptors (Lipinski definition) is 4. The van der Waals surface area contributed by atoms with Gasteiger partial charge < -0.3 is 4.74 Å². The summed E-state index contributed by atoms with van der Waals surface area (Å²) in [5.74, 6) is -0.126. The molecule has 1 saturated heterocycles. The standard InChI is InChI=1S/C15H21ClN2O2/c1-2-20-15(19)12-18-9-7-17(8-10-18)11-13-3-5-14(16)6-4-13/h3-6H,2,7-12H2,1H3. The van der Waals surface area contributed by atoms with Gasteiger partial charge in [0.05, 0.1) is 13.2 Å². The molecule has 0 saturated carbocycles. The third-order valence-corrected chi connectivity index (χ3v) is 3.69. The number of carbonyl (C=O) groups excluding carboxylic acids is 1. The average Bonchev–Trinajstić information content (AvgIpc) is 2.44. The van der Waals surface area contributed by atoms with E-state index in [4.69, 9.17) is 16.3 Å². The van der Waals surface area contributed by atoms with Crippen LogP contribution in [0, 0.1) is 0 Å². The van der Waals surface area contributed by atoms with E-state index < -0.39 is 0 Å². The van der Waals surface area contributed by atoms with Gasteiger partial charge in [-0.1, -0.05) is 23.7 Å². The summed E-state index contributed by atoms with van der Waals surface area (Å²) in [4.78, 5) is 16.0. The van der Waals surface area contributed by atoms with Crippen LogP contribution in [-0.2, 0) is 16.1 Å². The predicted octanol–water partition coefficient (Wildman–Crippen LogP) is 2.02. The van der Waals surface area contributed by atoms with E-state index in [2.05, 4.69) is 21.9 Å². The molecule has 20 heavy (non-hydrogen) atoms. The largest absolute Gasteiger partial charge is 0.465 e. The Morgan fingerprint density at radius 2 is 1.75 bits per heavy atom. The molecule has 1 aromatic carbocycles. The second-order valence-corrected chi connectivity index (χ2v) is 5.42. The number of esters is 1. The summed E-state index contributed by atoms with van der Waals surface area (Å²) < 4.78 is 4.97. The molecule has 4 nitrogen and oxygen atoms in total. The number of nitrogens with zero attached hydrogens (tertiary/aromatic N) is 2. The number of ether oxygens (including phenoxy) is 1. The van der Waals surface area contributed by atoms with E-state index in [9.17, 15) is 4.79 Å².